The summed E-state index contributed by atoms with van der Waals surface area (Å²) in [5.41, 5.74) is 0.900. The van der Waals surface area contributed by atoms with E-state index in [1.54, 1.807) is 24.3 Å². The first-order valence-corrected chi connectivity index (χ1v) is 11.1. The average Bonchev–Trinajstić information content (AvgIpc) is 2.60. The van der Waals surface area contributed by atoms with E-state index in [0.717, 1.165) is 11.3 Å². The zero-order valence-electron chi connectivity index (χ0n) is 15.5. The maximum absolute atomic E-state index is 12.3. The normalized spacial score (nSPS) is 12.7. The SMILES string of the molecule is CC(C)CC(C(=O)Nc1ccc(CNc2ccc(Cl)c(Cl)c2)cc1)P(=O)(O)O. The number of rotatable bonds is 8. The minimum Gasteiger partial charge on any atom is -0.381 e. The van der Waals surface area contributed by atoms with Gasteiger partial charge < -0.3 is 20.4 Å². The van der Waals surface area contributed by atoms with Crippen LogP contribution in [0.15, 0.2) is 42.5 Å². The molecule has 2 rings (SSSR count). The molecular formula is C19H23Cl2N2O4P. The van der Waals surface area contributed by atoms with Gasteiger partial charge in [-0.15, -0.1) is 0 Å². The molecule has 152 valence electrons. The molecule has 0 heterocycles. The zero-order chi connectivity index (χ0) is 20.9. The molecule has 28 heavy (non-hydrogen) atoms. The Labute approximate surface area is 174 Å². The first kappa shape index (κ1) is 22.7. The van der Waals surface area contributed by atoms with Gasteiger partial charge in [0.2, 0.25) is 5.91 Å². The molecule has 0 aromatic heterocycles. The number of hydrogen-bond donors (Lipinski definition) is 4. The van der Waals surface area contributed by atoms with Gasteiger partial charge in [0.15, 0.2) is 0 Å². The van der Waals surface area contributed by atoms with Crippen molar-refractivity contribution < 1.29 is 19.1 Å². The van der Waals surface area contributed by atoms with Crippen LogP contribution in [-0.4, -0.2) is 21.4 Å². The van der Waals surface area contributed by atoms with Gasteiger partial charge in [-0.05, 0) is 48.2 Å². The van der Waals surface area contributed by atoms with Crippen LogP contribution in [0.1, 0.15) is 25.8 Å². The lowest BCUT2D eigenvalue weighted by Gasteiger charge is -2.19. The lowest BCUT2D eigenvalue weighted by Crippen LogP contribution is -2.29. The van der Waals surface area contributed by atoms with Gasteiger partial charge >= 0.3 is 7.60 Å². The first-order valence-electron chi connectivity index (χ1n) is 8.70. The fourth-order valence-electron chi connectivity index (χ4n) is 2.59. The van der Waals surface area contributed by atoms with E-state index in [0.29, 0.717) is 22.3 Å². The summed E-state index contributed by atoms with van der Waals surface area (Å²) in [4.78, 5) is 31.2. The van der Waals surface area contributed by atoms with Crippen molar-refractivity contribution in [1.29, 1.82) is 0 Å². The summed E-state index contributed by atoms with van der Waals surface area (Å²) in [6.07, 6.45) is 0.113. The van der Waals surface area contributed by atoms with Gasteiger partial charge in [0.1, 0.15) is 5.66 Å². The number of nitrogens with one attached hydrogen (secondary N) is 2. The van der Waals surface area contributed by atoms with Crippen LogP contribution in [0, 0.1) is 5.92 Å². The van der Waals surface area contributed by atoms with E-state index < -0.39 is 19.2 Å². The van der Waals surface area contributed by atoms with E-state index >= 15 is 0 Å². The number of halogens is 2. The molecule has 2 aromatic rings. The standard InChI is InChI=1S/C19H23Cl2N2O4P/c1-12(2)9-18(28(25,26)27)19(24)23-14-5-3-13(4-6-14)11-22-15-7-8-16(20)17(21)10-15/h3-8,10,12,18,22H,9,11H2,1-2H3,(H,23,24)(H2,25,26,27). The lowest BCUT2D eigenvalue weighted by molar-refractivity contribution is -0.116. The molecule has 0 saturated carbocycles. The van der Waals surface area contributed by atoms with Crippen molar-refractivity contribution in [3.63, 3.8) is 0 Å². The summed E-state index contributed by atoms with van der Waals surface area (Å²) in [5.74, 6) is -0.693. The third-order valence-electron chi connectivity index (χ3n) is 4.04. The fourth-order valence-corrected chi connectivity index (χ4v) is 3.95. The number of carbonyl (C=O) groups is 1. The zero-order valence-corrected chi connectivity index (χ0v) is 17.9. The van der Waals surface area contributed by atoms with E-state index in [1.165, 1.54) is 0 Å². The summed E-state index contributed by atoms with van der Waals surface area (Å²) in [6, 6.07) is 12.3. The van der Waals surface area contributed by atoms with Gasteiger partial charge in [-0.1, -0.05) is 49.2 Å². The Balaban J connectivity index is 1.98. The van der Waals surface area contributed by atoms with E-state index in [2.05, 4.69) is 10.6 Å². The highest BCUT2D eigenvalue weighted by molar-refractivity contribution is 7.53. The highest BCUT2D eigenvalue weighted by atomic mass is 35.5. The molecule has 0 saturated heterocycles. The van der Waals surface area contributed by atoms with Crippen molar-refractivity contribution >= 4 is 48.1 Å². The summed E-state index contributed by atoms with van der Waals surface area (Å²) >= 11 is 11.9. The van der Waals surface area contributed by atoms with Crippen LogP contribution in [0.3, 0.4) is 0 Å². The molecule has 0 spiro atoms. The summed E-state index contributed by atoms with van der Waals surface area (Å²) in [5, 5.41) is 6.75. The molecule has 0 aliphatic rings. The Morgan fingerprint density at radius 1 is 1.04 bits per heavy atom. The van der Waals surface area contributed by atoms with Crippen LogP contribution < -0.4 is 10.6 Å². The van der Waals surface area contributed by atoms with E-state index in [1.807, 2.05) is 32.0 Å². The smallest absolute Gasteiger partial charge is 0.337 e. The minimum absolute atomic E-state index is 0.0156. The second kappa shape index (κ2) is 9.77. The number of hydrogen-bond acceptors (Lipinski definition) is 3. The first-order chi connectivity index (χ1) is 13.1. The molecule has 0 aliphatic carbocycles. The summed E-state index contributed by atoms with van der Waals surface area (Å²) in [7, 11) is -4.53. The number of carbonyl (C=O) groups excluding carboxylic acids is 1. The maximum atomic E-state index is 12.3. The van der Waals surface area contributed by atoms with Crippen molar-refractivity contribution in [1.82, 2.24) is 0 Å². The van der Waals surface area contributed by atoms with Crippen LogP contribution in [0.25, 0.3) is 0 Å². The second-order valence-electron chi connectivity index (χ2n) is 6.90. The lowest BCUT2D eigenvalue weighted by atomic mass is 10.1. The average molecular weight is 445 g/mol. The van der Waals surface area contributed by atoms with E-state index in [9.17, 15) is 19.1 Å². The van der Waals surface area contributed by atoms with Crippen LogP contribution in [0.2, 0.25) is 10.0 Å². The summed E-state index contributed by atoms with van der Waals surface area (Å²) in [6.45, 7) is 4.15. The molecule has 0 aliphatic heterocycles. The topological polar surface area (TPSA) is 98.7 Å². The monoisotopic (exact) mass is 444 g/mol. The van der Waals surface area contributed by atoms with Gasteiger partial charge in [0.05, 0.1) is 10.0 Å². The van der Waals surface area contributed by atoms with Gasteiger partial charge in [0, 0.05) is 17.9 Å². The molecule has 4 N–H and O–H groups in total. The number of anilines is 2. The van der Waals surface area contributed by atoms with Gasteiger partial charge in [-0.3, -0.25) is 9.36 Å². The van der Waals surface area contributed by atoms with Gasteiger partial charge in [-0.25, -0.2) is 0 Å². The molecule has 9 heteroatoms. The number of amides is 1. The molecular weight excluding hydrogens is 422 g/mol. The Morgan fingerprint density at radius 2 is 1.64 bits per heavy atom. The predicted molar refractivity (Wildman–Crippen MR) is 114 cm³/mol. The number of benzene rings is 2. The third kappa shape index (κ3) is 6.80. The van der Waals surface area contributed by atoms with Gasteiger partial charge in [-0.2, -0.15) is 0 Å². The molecule has 0 radical (unpaired) electrons. The van der Waals surface area contributed by atoms with Crippen molar-refractivity contribution in [3.8, 4) is 0 Å². The van der Waals surface area contributed by atoms with E-state index in [-0.39, 0.29) is 12.3 Å². The highest BCUT2D eigenvalue weighted by Crippen LogP contribution is 2.44. The largest absolute Gasteiger partial charge is 0.381 e. The molecule has 6 nitrogen and oxygen atoms in total. The van der Waals surface area contributed by atoms with Crippen molar-refractivity contribution in [2.75, 3.05) is 10.6 Å². The van der Waals surface area contributed by atoms with Crippen molar-refractivity contribution in [2.45, 2.75) is 32.5 Å². The Hall–Kier alpha value is -1.56. The molecule has 1 amide bonds. The van der Waals surface area contributed by atoms with E-state index in [4.69, 9.17) is 23.2 Å². The highest BCUT2D eigenvalue weighted by Gasteiger charge is 2.36. The third-order valence-corrected chi connectivity index (χ3v) is 6.04. The maximum Gasteiger partial charge on any atom is 0.337 e. The molecule has 0 bridgehead atoms. The van der Waals surface area contributed by atoms with Crippen LogP contribution >= 0.6 is 30.8 Å². The Morgan fingerprint density at radius 3 is 2.18 bits per heavy atom. The Bertz CT molecular complexity index is 869. The van der Waals surface area contributed by atoms with Crippen LogP contribution in [0.5, 0.6) is 0 Å². The van der Waals surface area contributed by atoms with Crippen molar-refractivity contribution in [2.24, 2.45) is 5.92 Å². The minimum atomic E-state index is -4.53. The van der Waals surface area contributed by atoms with Crippen LogP contribution in [-0.2, 0) is 15.9 Å². The van der Waals surface area contributed by atoms with Gasteiger partial charge in [0.25, 0.3) is 0 Å². The molecule has 0 fully saturated rings. The molecule has 2 aromatic carbocycles. The Kier molecular flexibility index (Phi) is 7.93. The van der Waals surface area contributed by atoms with Crippen LogP contribution in [0.4, 0.5) is 11.4 Å². The molecule has 1 atom stereocenters. The summed E-state index contributed by atoms with van der Waals surface area (Å²) < 4.78 is 11.6. The fraction of sp³-hybridized carbons (Fsp3) is 0.316. The predicted octanol–water partition coefficient (Wildman–Crippen LogP) is 5.14. The quantitative estimate of drug-likeness (QED) is 0.422. The second-order valence-corrected chi connectivity index (χ2v) is 9.52. The molecule has 1 unspecified atom stereocenters. The van der Waals surface area contributed by atoms with Crippen molar-refractivity contribution in [3.05, 3.63) is 58.1 Å².